The van der Waals surface area contributed by atoms with E-state index in [9.17, 15) is 4.79 Å². The number of hydrazine groups is 1. The number of hydrogen-bond acceptors (Lipinski definition) is 5. The Bertz CT molecular complexity index is 427. The fraction of sp³-hybridized carbons (Fsp3) is 0.364. The van der Waals surface area contributed by atoms with Crippen LogP contribution in [0.15, 0.2) is 30.3 Å². The number of hydrogen-bond donors (Lipinski definition) is 4. The highest BCUT2D eigenvalue weighted by molar-refractivity contribution is 7.81. The van der Waals surface area contributed by atoms with Gasteiger partial charge in [0.2, 0.25) is 5.91 Å². The SMILES string of the molecule is O=C1C2CNNC2NC(S)N1c1ccccc1. The third-order valence-corrected chi connectivity index (χ3v) is 3.52. The number of anilines is 1. The van der Waals surface area contributed by atoms with Crippen LogP contribution in [0.4, 0.5) is 5.69 Å². The van der Waals surface area contributed by atoms with Crippen molar-refractivity contribution in [3.63, 3.8) is 0 Å². The topological polar surface area (TPSA) is 56.4 Å². The summed E-state index contributed by atoms with van der Waals surface area (Å²) in [6.07, 6.45) is -0.0371. The number of para-hydroxylation sites is 1. The van der Waals surface area contributed by atoms with Crippen LogP contribution in [-0.4, -0.2) is 24.1 Å². The van der Waals surface area contributed by atoms with E-state index >= 15 is 0 Å². The summed E-state index contributed by atoms with van der Waals surface area (Å²) < 4.78 is 0. The molecule has 17 heavy (non-hydrogen) atoms. The van der Waals surface area contributed by atoms with Gasteiger partial charge in [-0.05, 0) is 12.1 Å². The molecule has 5 nitrogen and oxygen atoms in total. The standard InChI is InChI=1S/C11H14N4OS/c16-10-8-6-12-14-9(8)13-11(17)15(10)7-4-2-1-3-5-7/h1-5,8-9,11-14,17H,6H2. The fourth-order valence-electron chi connectivity index (χ4n) is 2.28. The summed E-state index contributed by atoms with van der Waals surface area (Å²) in [4.78, 5) is 14.1. The van der Waals surface area contributed by atoms with E-state index in [4.69, 9.17) is 0 Å². The van der Waals surface area contributed by atoms with Crippen molar-refractivity contribution in [2.75, 3.05) is 11.4 Å². The molecule has 1 aromatic rings. The lowest BCUT2D eigenvalue weighted by Gasteiger charge is -2.39. The second-order valence-corrected chi connectivity index (χ2v) is 4.68. The molecule has 2 aliphatic rings. The van der Waals surface area contributed by atoms with E-state index in [1.807, 2.05) is 30.3 Å². The van der Waals surface area contributed by atoms with Crippen LogP contribution < -0.4 is 21.1 Å². The van der Waals surface area contributed by atoms with E-state index in [1.54, 1.807) is 4.90 Å². The molecule has 1 aromatic carbocycles. The van der Waals surface area contributed by atoms with Gasteiger partial charge in [0.05, 0.1) is 12.1 Å². The van der Waals surface area contributed by atoms with Crippen LogP contribution in [0.2, 0.25) is 0 Å². The van der Waals surface area contributed by atoms with Gasteiger partial charge in [0, 0.05) is 12.2 Å². The van der Waals surface area contributed by atoms with Gasteiger partial charge in [-0.15, -0.1) is 12.6 Å². The van der Waals surface area contributed by atoms with Crippen LogP contribution >= 0.6 is 12.6 Å². The van der Waals surface area contributed by atoms with Crippen molar-refractivity contribution >= 4 is 24.2 Å². The normalized spacial score (nSPS) is 32.6. The minimum Gasteiger partial charge on any atom is -0.287 e. The Kier molecular flexibility index (Phi) is 2.79. The summed E-state index contributed by atoms with van der Waals surface area (Å²) in [5.74, 6) is 0.0102. The Balaban J connectivity index is 1.91. The smallest absolute Gasteiger partial charge is 0.236 e. The van der Waals surface area contributed by atoms with Crippen LogP contribution in [0.3, 0.4) is 0 Å². The number of carbonyl (C=O) groups excluding carboxylic acids is 1. The molecule has 2 fully saturated rings. The van der Waals surface area contributed by atoms with Crippen molar-refractivity contribution in [1.82, 2.24) is 16.2 Å². The summed E-state index contributed by atoms with van der Waals surface area (Å²) in [5, 5.41) is 3.25. The summed E-state index contributed by atoms with van der Waals surface area (Å²) in [6.45, 7) is 0.639. The molecular formula is C11H14N4OS. The maximum Gasteiger partial charge on any atom is 0.236 e. The van der Waals surface area contributed by atoms with Crippen LogP contribution in [0, 0.1) is 5.92 Å². The Morgan fingerprint density at radius 1 is 1.29 bits per heavy atom. The predicted octanol–water partition coefficient (Wildman–Crippen LogP) is -0.114. The Morgan fingerprint density at radius 2 is 2.06 bits per heavy atom. The second kappa shape index (κ2) is 4.30. The number of thiol groups is 1. The van der Waals surface area contributed by atoms with Gasteiger partial charge < -0.3 is 0 Å². The first-order chi connectivity index (χ1) is 8.27. The largest absolute Gasteiger partial charge is 0.287 e. The molecule has 2 heterocycles. The summed E-state index contributed by atoms with van der Waals surface area (Å²) in [6, 6.07) is 9.60. The van der Waals surface area contributed by atoms with E-state index in [1.165, 1.54) is 0 Å². The molecule has 90 valence electrons. The monoisotopic (exact) mass is 250 g/mol. The molecule has 2 saturated heterocycles. The Labute approximate surface area is 105 Å². The second-order valence-electron chi connectivity index (χ2n) is 4.19. The fourth-order valence-corrected chi connectivity index (χ4v) is 2.68. The molecule has 0 saturated carbocycles. The van der Waals surface area contributed by atoms with E-state index in [0.29, 0.717) is 6.54 Å². The molecule has 0 radical (unpaired) electrons. The maximum absolute atomic E-state index is 12.4. The van der Waals surface area contributed by atoms with Gasteiger partial charge in [0.25, 0.3) is 0 Å². The lowest BCUT2D eigenvalue weighted by Crippen LogP contribution is -2.63. The molecule has 2 aliphatic heterocycles. The van der Waals surface area contributed by atoms with Crippen LogP contribution in [0.1, 0.15) is 0 Å². The van der Waals surface area contributed by atoms with E-state index in [0.717, 1.165) is 5.69 Å². The molecule has 3 atom stereocenters. The molecule has 0 bridgehead atoms. The van der Waals surface area contributed by atoms with Gasteiger partial charge in [-0.1, -0.05) is 18.2 Å². The van der Waals surface area contributed by atoms with Gasteiger partial charge in [-0.3, -0.25) is 20.4 Å². The number of fused-ring (bicyclic) bond motifs is 1. The molecule has 6 heteroatoms. The average Bonchev–Trinajstić information content (AvgIpc) is 2.78. The average molecular weight is 250 g/mol. The number of rotatable bonds is 1. The van der Waals surface area contributed by atoms with Crippen LogP contribution in [0.25, 0.3) is 0 Å². The third-order valence-electron chi connectivity index (χ3n) is 3.14. The highest BCUT2D eigenvalue weighted by atomic mass is 32.1. The molecule has 3 unspecified atom stereocenters. The lowest BCUT2D eigenvalue weighted by molar-refractivity contribution is -0.124. The quantitative estimate of drug-likeness (QED) is 0.525. The van der Waals surface area contributed by atoms with Gasteiger partial charge in [-0.2, -0.15) is 0 Å². The first-order valence-electron chi connectivity index (χ1n) is 5.58. The first-order valence-corrected chi connectivity index (χ1v) is 6.09. The molecule has 0 aliphatic carbocycles. The van der Waals surface area contributed by atoms with Gasteiger partial charge in [-0.25, -0.2) is 5.43 Å². The number of amides is 1. The molecule has 1 amide bonds. The predicted molar refractivity (Wildman–Crippen MR) is 68.3 cm³/mol. The van der Waals surface area contributed by atoms with Crippen molar-refractivity contribution in [2.24, 2.45) is 5.92 Å². The number of carbonyl (C=O) groups is 1. The minimum absolute atomic E-state index is 0.0371. The molecule has 0 aromatic heterocycles. The minimum atomic E-state index is -0.307. The van der Waals surface area contributed by atoms with Crippen molar-refractivity contribution in [2.45, 2.75) is 11.7 Å². The van der Waals surface area contributed by atoms with Crippen molar-refractivity contribution in [3.05, 3.63) is 30.3 Å². The van der Waals surface area contributed by atoms with Crippen LogP contribution in [0.5, 0.6) is 0 Å². The van der Waals surface area contributed by atoms with Gasteiger partial charge in [0.15, 0.2) is 0 Å². The van der Waals surface area contributed by atoms with E-state index in [-0.39, 0.29) is 23.5 Å². The zero-order valence-electron chi connectivity index (χ0n) is 9.13. The van der Waals surface area contributed by atoms with Gasteiger partial charge in [0.1, 0.15) is 5.50 Å². The number of nitrogens with zero attached hydrogens (tertiary/aromatic N) is 1. The highest BCUT2D eigenvalue weighted by Gasteiger charge is 2.43. The summed E-state index contributed by atoms with van der Waals surface area (Å²) in [7, 11) is 0. The van der Waals surface area contributed by atoms with E-state index in [2.05, 4.69) is 28.8 Å². The summed E-state index contributed by atoms with van der Waals surface area (Å²) in [5.41, 5.74) is 6.59. The number of nitrogens with one attached hydrogen (secondary N) is 3. The van der Waals surface area contributed by atoms with Gasteiger partial charge >= 0.3 is 0 Å². The Morgan fingerprint density at radius 3 is 2.82 bits per heavy atom. The first kappa shape index (κ1) is 11.0. The highest BCUT2D eigenvalue weighted by Crippen LogP contribution is 2.26. The van der Waals surface area contributed by atoms with Crippen molar-refractivity contribution < 1.29 is 4.79 Å². The van der Waals surface area contributed by atoms with Crippen LogP contribution in [-0.2, 0) is 4.79 Å². The van der Waals surface area contributed by atoms with Crippen molar-refractivity contribution in [1.29, 1.82) is 0 Å². The Hall–Kier alpha value is -1.08. The molecule has 3 rings (SSSR count). The number of benzene rings is 1. The zero-order chi connectivity index (χ0) is 11.8. The molecule has 3 N–H and O–H groups in total. The summed E-state index contributed by atoms with van der Waals surface area (Å²) >= 11 is 4.43. The molecule has 0 spiro atoms. The van der Waals surface area contributed by atoms with E-state index < -0.39 is 0 Å². The zero-order valence-corrected chi connectivity index (χ0v) is 10.0. The third kappa shape index (κ3) is 1.83. The van der Waals surface area contributed by atoms with Crippen molar-refractivity contribution in [3.8, 4) is 0 Å². The lowest BCUT2D eigenvalue weighted by atomic mass is 10.0. The molecular weight excluding hydrogens is 236 g/mol. The maximum atomic E-state index is 12.4.